The van der Waals surface area contributed by atoms with E-state index in [1.807, 2.05) is 0 Å². The number of hydrogen-bond donors (Lipinski definition) is 2. The Balaban J connectivity index is 2.21. The lowest BCUT2D eigenvalue weighted by Gasteiger charge is -2.23. The monoisotopic (exact) mass is 374 g/mol. The van der Waals surface area contributed by atoms with Crippen molar-refractivity contribution < 1.29 is 8.42 Å². The molecule has 0 heterocycles. The predicted molar refractivity (Wildman–Crippen MR) is 88.4 cm³/mol. The number of nitrogens with two attached hydrogens (primary N) is 1. The van der Waals surface area contributed by atoms with Gasteiger partial charge in [0.15, 0.2) is 0 Å². The van der Waals surface area contributed by atoms with Gasteiger partial charge in [-0.15, -0.1) is 0 Å². The Kier molecular flexibility index (Phi) is 5.82. The van der Waals surface area contributed by atoms with Crippen LogP contribution in [0.15, 0.2) is 27.6 Å². The maximum atomic E-state index is 12.6. The summed E-state index contributed by atoms with van der Waals surface area (Å²) in [6, 6.07) is 5.18. The van der Waals surface area contributed by atoms with E-state index in [9.17, 15) is 8.42 Å². The number of hydrogen-bond acceptors (Lipinski definition) is 3. The van der Waals surface area contributed by atoms with Crippen LogP contribution in [0.4, 0.5) is 0 Å². The van der Waals surface area contributed by atoms with Gasteiger partial charge in [-0.25, -0.2) is 13.1 Å². The summed E-state index contributed by atoms with van der Waals surface area (Å²) in [4.78, 5) is 0.288. The molecule has 2 atom stereocenters. The molecule has 1 fully saturated rings. The normalized spacial score (nSPS) is 23.8. The number of benzene rings is 1. The van der Waals surface area contributed by atoms with Gasteiger partial charge >= 0.3 is 0 Å². The van der Waals surface area contributed by atoms with Gasteiger partial charge in [0.05, 0.1) is 4.90 Å². The summed E-state index contributed by atoms with van der Waals surface area (Å²) in [6.45, 7) is 2.52. The molecule has 0 aromatic heterocycles. The van der Waals surface area contributed by atoms with Gasteiger partial charge in [-0.2, -0.15) is 0 Å². The van der Waals surface area contributed by atoms with Crippen molar-refractivity contribution >= 4 is 26.0 Å². The van der Waals surface area contributed by atoms with Crippen LogP contribution in [0, 0.1) is 5.92 Å². The molecule has 4 nitrogen and oxygen atoms in total. The summed E-state index contributed by atoms with van der Waals surface area (Å²) < 4.78 is 28.7. The van der Waals surface area contributed by atoms with E-state index in [0.717, 1.165) is 24.8 Å². The Morgan fingerprint density at radius 1 is 1.29 bits per heavy atom. The van der Waals surface area contributed by atoms with Gasteiger partial charge in [-0.3, -0.25) is 0 Å². The molecule has 1 saturated carbocycles. The minimum Gasteiger partial charge on any atom is -0.326 e. The second kappa shape index (κ2) is 7.22. The molecular weight excluding hydrogens is 352 g/mol. The molecule has 3 N–H and O–H groups in total. The first-order valence-corrected chi connectivity index (χ1v) is 9.72. The zero-order valence-electron chi connectivity index (χ0n) is 12.3. The standard InChI is InChI=1S/C15H23BrN2O2S/c1-11-5-3-2-4-6-14(11)18-21(19,20)15-8-7-12(10-17)9-13(15)16/h7-9,11,14,18H,2-6,10,17H2,1H3. The molecule has 0 spiro atoms. The lowest BCUT2D eigenvalue weighted by molar-refractivity contribution is 0.399. The van der Waals surface area contributed by atoms with Crippen LogP contribution in [0.5, 0.6) is 0 Å². The Morgan fingerprint density at radius 3 is 2.67 bits per heavy atom. The Bertz CT molecular complexity index is 589. The number of rotatable bonds is 4. The lowest BCUT2D eigenvalue weighted by atomic mass is 9.98. The van der Waals surface area contributed by atoms with Crippen LogP contribution in [-0.4, -0.2) is 14.5 Å². The van der Waals surface area contributed by atoms with E-state index in [2.05, 4.69) is 27.6 Å². The van der Waals surface area contributed by atoms with Crippen molar-refractivity contribution in [2.45, 2.75) is 56.5 Å². The maximum absolute atomic E-state index is 12.6. The van der Waals surface area contributed by atoms with E-state index in [-0.39, 0.29) is 10.9 Å². The molecular formula is C15H23BrN2O2S. The van der Waals surface area contributed by atoms with Crippen LogP contribution in [0.3, 0.4) is 0 Å². The summed E-state index contributed by atoms with van der Waals surface area (Å²) in [5.41, 5.74) is 6.48. The van der Waals surface area contributed by atoms with E-state index in [0.29, 0.717) is 16.9 Å². The molecule has 21 heavy (non-hydrogen) atoms. The van der Waals surface area contributed by atoms with Crippen LogP contribution >= 0.6 is 15.9 Å². The van der Waals surface area contributed by atoms with Gasteiger partial charge in [-0.1, -0.05) is 32.3 Å². The molecule has 0 radical (unpaired) electrons. The molecule has 1 aliphatic rings. The predicted octanol–water partition coefficient (Wildman–Crippen LogP) is 3.15. The summed E-state index contributed by atoms with van der Waals surface area (Å²) in [7, 11) is -3.50. The molecule has 2 unspecified atom stereocenters. The lowest BCUT2D eigenvalue weighted by Crippen LogP contribution is -2.38. The number of halogens is 1. The van der Waals surface area contributed by atoms with Gasteiger partial charge in [0, 0.05) is 17.1 Å². The highest BCUT2D eigenvalue weighted by molar-refractivity contribution is 9.10. The highest BCUT2D eigenvalue weighted by Crippen LogP contribution is 2.27. The average molecular weight is 375 g/mol. The van der Waals surface area contributed by atoms with Crippen molar-refractivity contribution in [1.29, 1.82) is 0 Å². The van der Waals surface area contributed by atoms with Crippen molar-refractivity contribution in [2.75, 3.05) is 0 Å². The number of sulfonamides is 1. The fourth-order valence-corrected chi connectivity index (χ4v) is 5.32. The molecule has 0 amide bonds. The summed E-state index contributed by atoms with van der Waals surface area (Å²) in [6.07, 6.45) is 5.47. The fraction of sp³-hybridized carbons (Fsp3) is 0.600. The van der Waals surface area contributed by atoms with Crippen LogP contribution in [0.2, 0.25) is 0 Å². The molecule has 6 heteroatoms. The van der Waals surface area contributed by atoms with E-state index >= 15 is 0 Å². The first-order valence-electron chi connectivity index (χ1n) is 7.45. The third kappa shape index (κ3) is 4.28. The molecule has 2 rings (SSSR count). The zero-order valence-corrected chi connectivity index (χ0v) is 14.7. The van der Waals surface area contributed by atoms with Crippen LogP contribution in [0.25, 0.3) is 0 Å². The highest BCUT2D eigenvalue weighted by atomic mass is 79.9. The Labute approximate surface area is 135 Å². The third-order valence-electron chi connectivity index (χ3n) is 4.19. The van der Waals surface area contributed by atoms with E-state index in [4.69, 9.17) is 5.73 Å². The Morgan fingerprint density at radius 2 is 2.00 bits per heavy atom. The molecule has 1 aromatic carbocycles. The minimum absolute atomic E-state index is 0.0265. The van der Waals surface area contributed by atoms with Gasteiger partial charge in [0.1, 0.15) is 0 Å². The topological polar surface area (TPSA) is 72.2 Å². The first-order chi connectivity index (χ1) is 9.94. The van der Waals surface area contributed by atoms with Crippen molar-refractivity contribution in [3.05, 3.63) is 28.2 Å². The van der Waals surface area contributed by atoms with Crippen molar-refractivity contribution in [1.82, 2.24) is 4.72 Å². The van der Waals surface area contributed by atoms with Crippen molar-refractivity contribution in [3.8, 4) is 0 Å². The maximum Gasteiger partial charge on any atom is 0.241 e. The largest absolute Gasteiger partial charge is 0.326 e. The molecule has 0 aliphatic heterocycles. The minimum atomic E-state index is -3.50. The highest BCUT2D eigenvalue weighted by Gasteiger charge is 2.27. The zero-order chi connectivity index (χ0) is 15.5. The quantitative estimate of drug-likeness (QED) is 0.794. The molecule has 0 saturated heterocycles. The summed E-state index contributed by atoms with van der Waals surface area (Å²) in [5.74, 6) is 0.379. The van der Waals surface area contributed by atoms with Crippen LogP contribution in [0.1, 0.15) is 44.6 Å². The van der Waals surface area contributed by atoms with Crippen molar-refractivity contribution in [2.24, 2.45) is 11.7 Å². The van der Waals surface area contributed by atoms with Gasteiger partial charge in [-0.05, 0) is 52.4 Å². The molecule has 1 aromatic rings. The second-order valence-corrected chi connectivity index (χ2v) is 8.35. The SMILES string of the molecule is CC1CCCCCC1NS(=O)(=O)c1ccc(CN)cc1Br. The van der Waals surface area contributed by atoms with E-state index < -0.39 is 10.0 Å². The first kappa shape index (κ1) is 16.9. The van der Waals surface area contributed by atoms with Crippen LogP contribution < -0.4 is 10.5 Å². The molecule has 0 bridgehead atoms. The Hall–Kier alpha value is -0.430. The van der Waals surface area contributed by atoms with E-state index in [1.54, 1.807) is 18.2 Å². The molecule has 1 aliphatic carbocycles. The second-order valence-electron chi connectivity index (χ2n) is 5.81. The van der Waals surface area contributed by atoms with Crippen LogP contribution in [-0.2, 0) is 16.6 Å². The van der Waals surface area contributed by atoms with Gasteiger partial charge in [0.25, 0.3) is 0 Å². The average Bonchev–Trinajstić information content (AvgIpc) is 2.63. The number of nitrogens with one attached hydrogen (secondary N) is 1. The smallest absolute Gasteiger partial charge is 0.241 e. The van der Waals surface area contributed by atoms with Gasteiger partial charge < -0.3 is 5.73 Å². The third-order valence-corrected chi connectivity index (χ3v) is 6.66. The summed E-state index contributed by atoms with van der Waals surface area (Å²) in [5, 5.41) is 0. The van der Waals surface area contributed by atoms with Gasteiger partial charge in [0.2, 0.25) is 10.0 Å². The van der Waals surface area contributed by atoms with E-state index in [1.165, 1.54) is 12.8 Å². The fourth-order valence-electron chi connectivity index (χ4n) is 2.82. The summed E-state index contributed by atoms with van der Waals surface area (Å²) >= 11 is 3.34. The molecule has 118 valence electrons. The van der Waals surface area contributed by atoms with Crippen molar-refractivity contribution in [3.63, 3.8) is 0 Å².